The van der Waals surface area contributed by atoms with E-state index in [9.17, 15) is 16.8 Å². The lowest BCUT2D eigenvalue weighted by Crippen LogP contribution is -2.44. The Balaban J connectivity index is 1.33. The average Bonchev–Trinajstić information content (AvgIpc) is 2.94. The molecule has 0 amide bonds. The molecule has 0 spiro atoms. The summed E-state index contributed by atoms with van der Waals surface area (Å²) in [6.07, 6.45) is 7.18. The summed E-state index contributed by atoms with van der Waals surface area (Å²) in [5, 5.41) is 3.23. The topological polar surface area (TPSA) is 143 Å². The van der Waals surface area contributed by atoms with Crippen molar-refractivity contribution >= 4 is 43.3 Å². The number of benzene rings is 2. The molecule has 42 heavy (non-hydrogen) atoms. The van der Waals surface area contributed by atoms with Crippen LogP contribution in [0.5, 0.6) is 11.5 Å². The molecule has 11 nitrogen and oxygen atoms in total. The van der Waals surface area contributed by atoms with Gasteiger partial charge in [0.1, 0.15) is 10.6 Å². The lowest BCUT2D eigenvalue weighted by Gasteiger charge is -2.31. The summed E-state index contributed by atoms with van der Waals surface area (Å²) in [7, 11) is -7.36. The largest absolute Gasteiger partial charge is 0.453 e. The van der Waals surface area contributed by atoms with Gasteiger partial charge in [-0.05, 0) is 49.2 Å². The van der Waals surface area contributed by atoms with Crippen LogP contribution in [0.3, 0.4) is 0 Å². The number of ether oxygens (including phenoxy) is 1. The fourth-order valence-electron chi connectivity index (χ4n) is 4.42. The van der Waals surface area contributed by atoms with Crippen LogP contribution in [0.15, 0.2) is 78.1 Å². The van der Waals surface area contributed by atoms with Gasteiger partial charge in [-0.15, -0.1) is 0 Å². The van der Waals surface area contributed by atoms with Crippen molar-refractivity contribution in [3.8, 4) is 22.8 Å². The molecule has 220 valence electrons. The maximum Gasteiger partial charge on any atom is 0.263 e. The van der Waals surface area contributed by atoms with E-state index in [1.807, 2.05) is 0 Å². The van der Waals surface area contributed by atoms with Crippen molar-refractivity contribution < 1.29 is 26.0 Å². The fourth-order valence-corrected chi connectivity index (χ4v) is 6.91. The van der Waals surface area contributed by atoms with Gasteiger partial charge in [-0.2, -0.15) is 0 Å². The molecule has 0 unspecified atom stereocenters. The second kappa shape index (κ2) is 12.2. The van der Waals surface area contributed by atoms with E-state index in [1.165, 1.54) is 53.3 Å². The van der Waals surface area contributed by atoms with Crippen LogP contribution in [0.25, 0.3) is 11.3 Å². The van der Waals surface area contributed by atoms with E-state index in [1.54, 1.807) is 24.4 Å². The molecule has 1 aliphatic rings. The van der Waals surface area contributed by atoms with Crippen LogP contribution in [0.2, 0.25) is 5.02 Å². The van der Waals surface area contributed by atoms with Crippen LogP contribution in [-0.2, 0) is 20.0 Å². The van der Waals surface area contributed by atoms with Crippen molar-refractivity contribution in [2.45, 2.75) is 23.8 Å². The third-order valence-corrected chi connectivity index (χ3v) is 9.58. The highest BCUT2D eigenvalue weighted by atomic mass is 35.5. The number of hydrogen-bond acceptors (Lipinski definition) is 9. The maximum atomic E-state index is 15.1. The first-order valence-electron chi connectivity index (χ1n) is 12.7. The number of piperidine rings is 1. The summed E-state index contributed by atoms with van der Waals surface area (Å²) in [6, 6.07) is 12.6. The van der Waals surface area contributed by atoms with Crippen LogP contribution in [0, 0.1) is 5.82 Å². The van der Waals surface area contributed by atoms with E-state index in [0.717, 1.165) is 12.5 Å². The van der Waals surface area contributed by atoms with E-state index < -0.39 is 25.9 Å². The van der Waals surface area contributed by atoms with E-state index >= 15 is 4.39 Å². The number of aromatic nitrogens is 3. The van der Waals surface area contributed by atoms with Gasteiger partial charge < -0.3 is 10.1 Å². The minimum absolute atomic E-state index is 0.0154. The first kappa shape index (κ1) is 29.6. The van der Waals surface area contributed by atoms with Crippen molar-refractivity contribution in [3.63, 3.8) is 0 Å². The monoisotopic (exact) mass is 632 g/mol. The molecule has 0 bridgehead atoms. The van der Waals surface area contributed by atoms with Crippen molar-refractivity contribution in [2.24, 2.45) is 0 Å². The van der Waals surface area contributed by atoms with E-state index in [2.05, 4.69) is 25.0 Å². The summed E-state index contributed by atoms with van der Waals surface area (Å²) >= 11 is 6.01. The second-order valence-corrected chi connectivity index (χ2v) is 13.6. The molecule has 5 rings (SSSR count). The molecule has 0 aliphatic carbocycles. The predicted octanol–water partition coefficient (Wildman–Crippen LogP) is 4.76. The Morgan fingerprint density at radius 2 is 1.86 bits per heavy atom. The van der Waals surface area contributed by atoms with Crippen molar-refractivity contribution in [2.75, 3.05) is 29.4 Å². The SMILES string of the molecule is CS(=O)(=O)N1CCC[C@H](Nc2nccc(-c3cnccc3Oc3ccc(NS(=O)(=O)c4ccccc4Cl)cc3F)n2)C1. The summed E-state index contributed by atoms with van der Waals surface area (Å²) in [6.45, 7) is 0.774. The lowest BCUT2D eigenvalue weighted by molar-refractivity contribution is 0.328. The molecule has 4 aromatic rings. The molecule has 0 saturated carbocycles. The van der Waals surface area contributed by atoms with Crippen LogP contribution < -0.4 is 14.8 Å². The van der Waals surface area contributed by atoms with Crippen molar-refractivity contribution in [1.82, 2.24) is 19.3 Å². The molecule has 3 heterocycles. The molecule has 2 N–H and O–H groups in total. The van der Waals surface area contributed by atoms with Crippen LogP contribution >= 0.6 is 11.6 Å². The van der Waals surface area contributed by atoms with Gasteiger partial charge in [-0.3, -0.25) is 9.71 Å². The zero-order chi connectivity index (χ0) is 29.9. The summed E-state index contributed by atoms with van der Waals surface area (Å²) in [5.74, 6) is -0.420. The van der Waals surface area contributed by atoms with Gasteiger partial charge in [-0.1, -0.05) is 23.7 Å². The Bertz CT molecular complexity index is 1830. The van der Waals surface area contributed by atoms with Gasteiger partial charge >= 0.3 is 0 Å². The Morgan fingerprint density at radius 1 is 1.05 bits per heavy atom. The van der Waals surface area contributed by atoms with Gasteiger partial charge in [-0.25, -0.2) is 35.5 Å². The summed E-state index contributed by atoms with van der Waals surface area (Å²) < 4.78 is 74.1. The molecule has 1 atom stereocenters. The molecule has 2 aromatic heterocycles. The first-order valence-corrected chi connectivity index (χ1v) is 16.4. The third-order valence-electron chi connectivity index (χ3n) is 6.43. The zero-order valence-electron chi connectivity index (χ0n) is 22.2. The van der Waals surface area contributed by atoms with Crippen LogP contribution in [-0.4, -0.2) is 61.5 Å². The lowest BCUT2D eigenvalue weighted by atomic mass is 10.1. The van der Waals surface area contributed by atoms with Gasteiger partial charge in [0.2, 0.25) is 16.0 Å². The minimum Gasteiger partial charge on any atom is -0.453 e. The Hall–Kier alpha value is -3.85. The van der Waals surface area contributed by atoms with Crippen LogP contribution in [0.4, 0.5) is 16.0 Å². The maximum absolute atomic E-state index is 15.1. The number of nitrogens with zero attached hydrogens (tertiary/aromatic N) is 4. The number of nitrogens with one attached hydrogen (secondary N) is 2. The Labute approximate surface area is 247 Å². The highest BCUT2D eigenvalue weighted by molar-refractivity contribution is 7.92. The molecular weight excluding hydrogens is 607 g/mol. The standard InChI is InChI=1S/C27H26ClFN6O5S2/c1-41(36,37)35-14-4-5-19(17-35)32-27-31-13-10-23(33-27)20-16-30-12-11-24(20)40-25-9-8-18(15-22(25)29)34-42(38,39)26-7-3-2-6-21(26)28/h2-3,6-13,15-16,19,34H,4-5,14,17H2,1H3,(H,31,32,33)/t19-/m0/s1. The van der Waals surface area contributed by atoms with E-state index in [0.29, 0.717) is 36.7 Å². The normalized spacial score (nSPS) is 16.1. The summed E-state index contributed by atoms with van der Waals surface area (Å²) in [5.41, 5.74) is 0.876. The van der Waals surface area contributed by atoms with Gasteiger partial charge in [0, 0.05) is 43.8 Å². The summed E-state index contributed by atoms with van der Waals surface area (Å²) in [4.78, 5) is 12.8. The third kappa shape index (κ3) is 6.95. The molecule has 1 aliphatic heterocycles. The fraction of sp³-hybridized carbons (Fsp3) is 0.222. The van der Waals surface area contributed by atoms with Gasteiger partial charge in [0.15, 0.2) is 11.6 Å². The first-order chi connectivity index (χ1) is 20.0. The zero-order valence-corrected chi connectivity index (χ0v) is 24.6. The van der Waals surface area contributed by atoms with Gasteiger partial charge in [0.25, 0.3) is 10.0 Å². The second-order valence-electron chi connectivity index (χ2n) is 9.53. The van der Waals surface area contributed by atoms with Gasteiger partial charge in [0.05, 0.1) is 28.2 Å². The smallest absolute Gasteiger partial charge is 0.263 e. The molecule has 1 fully saturated rings. The quantitative estimate of drug-likeness (QED) is 0.267. The minimum atomic E-state index is -4.05. The highest BCUT2D eigenvalue weighted by Crippen LogP contribution is 2.34. The average molecular weight is 633 g/mol. The number of rotatable bonds is 9. The van der Waals surface area contributed by atoms with Crippen molar-refractivity contribution in [3.05, 3.63) is 84.0 Å². The molecule has 0 radical (unpaired) electrons. The Kier molecular flexibility index (Phi) is 8.59. The number of halogens is 2. The number of hydrogen-bond donors (Lipinski definition) is 2. The number of sulfonamides is 2. The number of anilines is 2. The van der Waals surface area contributed by atoms with E-state index in [4.69, 9.17) is 16.3 Å². The predicted molar refractivity (Wildman–Crippen MR) is 157 cm³/mol. The highest BCUT2D eigenvalue weighted by Gasteiger charge is 2.26. The molecular formula is C27H26ClFN6O5S2. The molecule has 15 heteroatoms. The van der Waals surface area contributed by atoms with Crippen LogP contribution in [0.1, 0.15) is 12.8 Å². The Morgan fingerprint density at radius 3 is 2.62 bits per heavy atom. The molecule has 2 aromatic carbocycles. The molecule has 1 saturated heterocycles. The van der Waals surface area contributed by atoms with E-state index in [-0.39, 0.29) is 33.1 Å². The number of pyridine rings is 1. The van der Waals surface area contributed by atoms with Crippen molar-refractivity contribution in [1.29, 1.82) is 0 Å².